The van der Waals surface area contributed by atoms with Crippen molar-refractivity contribution in [3.05, 3.63) is 71.5 Å². The molecule has 0 spiro atoms. The van der Waals surface area contributed by atoms with Crippen LogP contribution in [0.3, 0.4) is 0 Å². The van der Waals surface area contributed by atoms with E-state index in [9.17, 15) is 4.79 Å². The third-order valence-electron chi connectivity index (χ3n) is 4.83. The van der Waals surface area contributed by atoms with Gasteiger partial charge in [-0.05, 0) is 54.5 Å². The number of nitrogens with one attached hydrogen (secondary N) is 2. The molecule has 7 heteroatoms. The molecule has 7 nitrogen and oxygen atoms in total. The number of ether oxygens (including phenoxy) is 3. The Balaban J connectivity index is 1.64. The van der Waals surface area contributed by atoms with Crippen LogP contribution in [-0.2, 0) is 6.54 Å². The minimum atomic E-state index is -0.182. The van der Waals surface area contributed by atoms with E-state index in [0.29, 0.717) is 29.4 Å². The zero-order valence-corrected chi connectivity index (χ0v) is 17.4. The van der Waals surface area contributed by atoms with Gasteiger partial charge < -0.3 is 30.6 Å². The summed E-state index contributed by atoms with van der Waals surface area (Å²) < 4.78 is 16.1. The Bertz CT molecular complexity index is 926. The lowest BCUT2D eigenvalue weighted by Gasteiger charge is -2.18. The van der Waals surface area contributed by atoms with Crippen LogP contribution >= 0.6 is 0 Å². The van der Waals surface area contributed by atoms with Gasteiger partial charge in [-0.25, -0.2) is 0 Å². The van der Waals surface area contributed by atoms with Crippen molar-refractivity contribution in [3.63, 3.8) is 0 Å². The van der Waals surface area contributed by atoms with Crippen molar-refractivity contribution in [1.29, 1.82) is 0 Å². The summed E-state index contributed by atoms with van der Waals surface area (Å²) >= 11 is 0. The van der Waals surface area contributed by atoms with Gasteiger partial charge in [0.2, 0.25) is 5.75 Å². The van der Waals surface area contributed by atoms with Gasteiger partial charge in [0.25, 0.3) is 5.91 Å². The standard InChI is InChI=1S/C23H27N3O4/c1-28-20-12-15(13-21(29-2)22(20)30-3)14-25-17-10-8-16(9-11-17)23(27)26-19-7-5-4-6-18(19)24/h4-5,7-13,18,25H,6,14,24H2,1-3H3,(H,26,27). The number of carbonyl (C=O) groups is 1. The number of benzene rings is 2. The summed E-state index contributed by atoms with van der Waals surface area (Å²) in [7, 11) is 4.75. The number of hydrogen-bond acceptors (Lipinski definition) is 6. The molecule has 1 amide bonds. The minimum Gasteiger partial charge on any atom is -0.493 e. The van der Waals surface area contributed by atoms with Gasteiger partial charge in [-0.1, -0.05) is 12.2 Å². The van der Waals surface area contributed by atoms with Crippen LogP contribution in [0.15, 0.2) is 60.3 Å². The molecular formula is C23H27N3O4. The summed E-state index contributed by atoms with van der Waals surface area (Å²) in [5, 5.41) is 6.22. The Morgan fingerprint density at radius 3 is 2.30 bits per heavy atom. The van der Waals surface area contributed by atoms with Crippen LogP contribution in [-0.4, -0.2) is 33.3 Å². The zero-order valence-electron chi connectivity index (χ0n) is 17.4. The van der Waals surface area contributed by atoms with E-state index in [0.717, 1.165) is 23.4 Å². The van der Waals surface area contributed by atoms with E-state index in [1.165, 1.54) is 0 Å². The van der Waals surface area contributed by atoms with Gasteiger partial charge in [0.05, 0.1) is 21.3 Å². The number of rotatable bonds is 8. The Labute approximate surface area is 176 Å². The van der Waals surface area contributed by atoms with Gasteiger partial charge in [-0.2, -0.15) is 0 Å². The van der Waals surface area contributed by atoms with E-state index in [4.69, 9.17) is 19.9 Å². The highest BCUT2D eigenvalue weighted by Crippen LogP contribution is 2.38. The van der Waals surface area contributed by atoms with Crippen LogP contribution < -0.4 is 30.6 Å². The molecule has 0 saturated carbocycles. The van der Waals surface area contributed by atoms with E-state index in [1.54, 1.807) is 33.5 Å². The molecule has 1 atom stereocenters. The van der Waals surface area contributed by atoms with Crippen molar-refractivity contribution < 1.29 is 19.0 Å². The van der Waals surface area contributed by atoms with E-state index in [-0.39, 0.29) is 11.9 Å². The second-order valence-corrected chi connectivity index (χ2v) is 6.81. The van der Waals surface area contributed by atoms with Gasteiger partial charge in [0.15, 0.2) is 11.5 Å². The van der Waals surface area contributed by atoms with Crippen molar-refractivity contribution in [3.8, 4) is 17.2 Å². The quantitative estimate of drug-likeness (QED) is 0.620. The normalized spacial score (nSPS) is 15.2. The first kappa shape index (κ1) is 21.3. The largest absolute Gasteiger partial charge is 0.493 e. The zero-order chi connectivity index (χ0) is 21.5. The molecule has 4 N–H and O–H groups in total. The molecule has 0 aliphatic heterocycles. The fraction of sp³-hybridized carbons (Fsp3) is 0.261. The smallest absolute Gasteiger partial charge is 0.255 e. The van der Waals surface area contributed by atoms with E-state index in [1.807, 2.05) is 42.5 Å². The molecule has 0 saturated heterocycles. The van der Waals surface area contributed by atoms with Gasteiger partial charge in [-0.15, -0.1) is 0 Å². The van der Waals surface area contributed by atoms with Gasteiger partial charge in [-0.3, -0.25) is 4.79 Å². The molecule has 1 unspecified atom stereocenters. The molecule has 0 bridgehead atoms. The van der Waals surface area contributed by atoms with Crippen LogP contribution in [0.4, 0.5) is 5.69 Å². The SMILES string of the molecule is COc1cc(CNc2ccc(C(=O)NC3=CC=CCC3N)cc2)cc(OC)c1OC. The highest BCUT2D eigenvalue weighted by Gasteiger charge is 2.15. The highest BCUT2D eigenvalue weighted by atomic mass is 16.5. The predicted octanol–water partition coefficient (Wildman–Crippen LogP) is 3.23. The summed E-state index contributed by atoms with van der Waals surface area (Å²) in [6.07, 6.45) is 6.43. The average molecular weight is 409 g/mol. The summed E-state index contributed by atoms with van der Waals surface area (Å²) in [5.74, 6) is 1.59. The van der Waals surface area contributed by atoms with Crippen LogP contribution in [0.1, 0.15) is 22.3 Å². The Kier molecular flexibility index (Phi) is 6.98. The first-order chi connectivity index (χ1) is 14.5. The first-order valence-electron chi connectivity index (χ1n) is 9.62. The maximum atomic E-state index is 12.5. The summed E-state index contributed by atoms with van der Waals surface area (Å²) in [5.41, 5.74) is 9.16. The van der Waals surface area contributed by atoms with Gasteiger partial charge in [0, 0.05) is 29.5 Å². The van der Waals surface area contributed by atoms with Crippen LogP contribution in [0, 0.1) is 0 Å². The highest BCUT2D eigenvalue weighted by molar-refractivity contribution is 5.95. The van der Waals surface area contributed by atoms with Crippen LogP contribution in [0.25, 0.3) is 0 Å². The number of amides is 1. The third-order valence-corrected chi connectivity index (χ3v) is 4.83. The molecule has 0 heterocycles. The number of nitrogens with two attached hydrogens (primary N) is 1. The lowest BCUT2D eigenvalue weighted by molar-refractivity contribution is 0.0963. The van der Waals surface area contributed by atoms with E-state index in [2.05, 4.69) is 10.6 Å². The number of allylic oxidation sites excluding steroid dienone is 2. The molecule has 1 aliphatic rings. The maximum absolute atomic E-state index is 12.5. The van der Waals surface area contributed by atoms with Crippen LogP contribution in [0.5, 0.6) is 17.2 Å². The number of carbonyl (C=O) groups excluding carboxylic acids is 1. The maximum Gasteiger partial charge on any atom is 0.255 e. The topological polar surface area (TPSA) is 94.8 Å². The average Bonchev–Trinajstić information content (AvgIpc) is 2.78. The molecule has 0 fully saturated rings. The van der Waals surface area contributed by atoms with Gasteiger partial charge in [0.1, 0.15) is 0 Å². The Morgan fingerprint density at radius 2 is 1.73 bits per heavy atom. The number of hydrogen-bond donors (Lipinski definition) is 3. The molecule has 0 aromatic heterocycles. The van der Waals surface area contributed by atoms with E-state index < -0.39 is 0 Å². The summed E-state index contributed by atoms with van der Waals surface area (Å²) in [6, 6.07) is 10.9. The first-order valence-corrected chi connectivity index (χ1v) is 9.62. The van der Waals surface area contributed by atoms with Crippen molar-refractivity contribution in [2.45, 2.75) is 19.0 Å². The second-order valence-electron chi connectivity index (χ2n) is 6.81. The van der Waals surface area contributed by atoms with Crippen molar-refractivity contribution in [2.24, 2.45) is 5.73 Å². The molecular weight excluding hydrogens is 382 g/mol. The molecule has 1 aliphatic carbocycles. The second kappa shape index (κ2) is 9.84. The van der Waals surface area contributed by atoms with E-state index >= 15 is 0 Å². The monoisotopic (exact) mass is 409 g/mol. The minimum absolute atomic E-state index is 0.178. The lowest BCUT2D eigenvalue weighted by atomic mass is 10.1. The third kappa shape index (κ3) is 4.93. The molecule has 30 heavy (non-hydrogen) atoms. The number of anilines is 1. The molecule has 158 valence electrons. The van der Waals surface area contributed by atoms with Crippen LogP contribution in [0.2, 0.25) is 0 Å². The lowest BCUT2D eigenvalue weighted by Crippen LogP contribution is -2.35. The van der Waals surface area contributed by atoms with Crippen molar-refractivity contribution >= 4 is 11.6 Å². The molecule has 2 aromatic rings. The Hall–Kier alpha value is -3.45. The van der Waals surface area contributed by atoms with Crippen molar-refractivity contribution in [1.82, 2.24) is 5.32 Å². The Morgan fingerprint density at radius 1 is 1.07 bits per heavy atom. The van der Waals surface area contributed by atoms with Gasteiger partial charge >= 0.3 is 0 Å². The fourth-order valence-corrected chi connectivity index (χ4v) is 3.17. The summed E-state index contributed by atoms with van der Waals surface area (Å²) in [4.78, 5) is 12.5. The summed E-state index contributed by atoms with van der Waals surface area (Å²) in [6.45, 7) is 0.552. The molecule has 3 rings (SSSR count). The molecule has 2 aromatic carbocycles. The number of methoxy groups -OCH3 is 3. The predicted molar refractivity (Wildman–Crippen MR) is 117 cm³/mol. The van der Waals surface area contributed by atoms with Crippen molar-refractivity contribution in [2.75, 3.05) is 26.6 Å². The fourth-order valence-electron chi connectivity index (χ4n) is 3.17. The molecule has 0 radical (unpaired) electrons.